The van der Waals surface area contributed by atoms with E-state index in [1.807, 2.05) is 25.1 Å². The number of benzene rings is 2. The zero-order chi connectivity index (χ0) is 15.0. The fourth-order valence-electron chi connectivity index (χ4n) is 2.38. The minimum absolute atomic E-state index is 0.00179. The van der Waals surface area contributed by atoms with Crippen LogP contribution < -0.4 is 10.2 Å². The number of aryl methyl sites for hydroxylation is 1. The molecule has 3 rings (SSSR count). The number of nitrogens with zero attached hydrogens (tertiary/aromatic N) is 1. The van der Waals surface area contributed by atoms with E-state index in [4.69, 9.17) is 11.6 Å². The van der Waals surface area contributed by atoms with Crippen LogP contribution in [0.1, 0.15) is 15.9 Å². The Hall–Kier alpha value is -2.33. The van der Waals surface area contributed by atoms with Crippen LogP contribution in [0.5, 0.6) is 0 Å². The lowest BCUT2D eigenvalue weighted by atomic mass is 10.1. The molecule has 0 saturated carbocycles. The molecule has 5 heteroatoms. The number of carbonyl (C=O) groups is 2. The van der Waals surface area contributed by atoms with Gasteiger partial charge in [-0.3, -0.25) is 14.5 Å². The third-order valence-electron chi connectivity index (χ3n) is 3.45. The molecule has 0 unspecified atom stereocenters. The minimum Gasteiger partial charge on any atom is -0.323 e. The van der Waals surface area contributed by atoms with Gasteiger partial charge in [0.1, 0.15) is 6.54 Å². The van der Waals surface area contributed by atoms with Crippen molar-refractivity contribution in [1.29, 1.82) is 0 Å². The van der Waals surface area contributed by atoms with Crippen molar-refractivity contribution in [3.05, 3.63) is 58.6 Å². The summed E-state index contributed by atoms with van der Waals surface area (Å²) in [5.74, 6) is -0.431. The molecule has 0 spiro atoms. The first-order valence-electron chi connectivity index (χ1n) is 6.53. The number of rotatable bonds is 1. The van der Waals surface area contributed by atoms with E-state index < -0.39 is 0 Å². The average molecular weight is 301 g/mol. The summed E-state index contributed by atoms with van der Waals surface area (Å²) >= 11 is 5.98. The van der Waals surface area contributed by atoms with Crippen LogP contribution >= 0.6 is 11.6 Å². The van der Waals surface area contributed by atoms with Gasteiger partial charge in [0.15, 0.2) is 0 Å². The standard InChI is InChI=1S/C16H13ClN2O2/c1-10-6-7-11(17)8-12(10)16(21)19-9-15(20)18-13-4-2-3-5-14(13)19/h2-8H,9H2,1H3,(H,18,20). The zero-order valence-electron chi connectivity index (χ0n) is 11.4. The van der Waals surface area contributed by atoms with E-state index in [-0.39, 0.29) is 18.4 Å². The van der Waals surface area contributed by atoms with Gasteiger partial charge in [0.2, 0.25) is 5.91 Å². The molecular formula is C16H13ClN2O2. The second-order valence-corrected chi connectivity index (χ2v) is 5.35. The topological polar surface area (TPSA) is 49.4 Å². The maximum Gasteiger partial charge on any atom is 0.259 e. The Labute approximate surface area is 127 Å². The van der Waals surface area contributed by atoms with E-state index in [0.29, 0.717) is 22.0 Å². The Balaban J connectivity index is 2.06. The van der Waals surface area contributed by atoms with Crippen molar-refractivity contribution < 1.29 is 9.59 Å². The number of amides is 2. The van der Waals surface area contributed by atoms with Crippen molar-refractivity contribution in [1.82, 2.24) is 0 Å². The van der Waals surface area contributed by atoms with Crippen LogP contribution in [0.4, 0.5) is 11.4 Å². The molecule has 2 aromatic rings. The Morgan fingerprint density at radius 2 is 2.00 bits per heavy atom. The van der Waals surface area contributed by atoms with E-state index in [9.17, 15) is 9.59 Å². The predicted octanol–water partition coefficient (Wildman–Crippen LogP) is 3.25. The van der Waals surface area contributed by atoms with E-state index in [0.717, 1.165) is 5.56 Å². The Kier molecular flexibility index (Phi) is 3.39. The van der Waals surface area contributed by atoms with Gasteiger partial charge in [-0.15, -0.1) is 0 Å². The molecule has 106 valence electrons. The number of para-hydroxylation sites is 2. The van der Waals surface area contributed by atoms with Gasteiger partial charge in [-0.1, -0.05) is 29.8 Å². The highest BCUT2D eigenvalue weighted by Gasteiger charge is 2.28. The molecule has 1 aliphatic rings. The molecule has 1 N–H and O–H groups in total. The summed E-state index contributed by atoms with van der Waals surface area (Å²) in [5, 5.41) is 3.26. The fraction of sp³-hybridized carbons (Fsp3) is 0.125. The van der Waals surface area contributed by atoms with E-state index in [1.54, 1.807) is 24.3 Å². The highest BCUT2D eigenvalue weighted by Crippen LogP contribution is 2.30. The smallest absolute Gasteiger partial charge is 0.259 e. The SMILES string of the molecule is Cc1ccc(Cl)cc1C(=O)N1CC(=O)Nc2ccccc21. The van der Waals surface area contributed by atoms with Gasteiger partial charge in [-0.2, -0.15) is 0 Å². The van der Waals surface area contributed by atoms with E-state index in [1.165, 1.54) is 4.90 Å². The van der Waals surface area contributed by atoms with Crippen molar-refractivity contribution >= 4 is 34.8 Å². The molecule has 0 atom stereocenters. The summed E-state index contributed by atoms with van der Waals surface area (Å²) in [6.45, 7) is 1.85. The van der Waals surface area contributed by atoms with Crippen LogP contribution in [0.15, 0.2) is 42.5 Å². The van der Waals surface area contributed by atoms with E-state index >= 15 is 0 Å². The second kappa shape index (κ2) is 5.22. The van der Waals surface area contributed by atoms with Crippen LogP contribution in [-0.2, 0) is 4.79 Å². The lowest BCUT2D eigenvalue weighted by Gasteiger charge is -2.29. The number of halogens is 1. The Morgan fingerprint density at radius 1 is 1.24 bits per heavy atom. The number of hydrogen-bond donors (Lipinski definition) is 1. The highest BCUT2D eigenvalue weighted by atomic mass is 35.5. The minimum atomic E-state index is -0.225. The predicted molar refractivity (Wildman–Crippen MR) is 82.9 cm³/mol. The molecule has 0 radical (unpaired) electrons. The van der Waals surface area contributed by atoms with Crippen molar-refractivity contribution in [2.45, 2.75) is 6.92 Å². The Morgan fingerprint density at radius 3 is 2.81 bits per heavy atom. The van der Waals surface area contributed by atoms with Crippen molar-refractivity contribution in [3.8, 4) is 0 Å². The molecule has 4 nitrogen and oxygen atoms in total. The average Bonchev–Trinajstić information content (AvgIpc) is 2.48. The number of hydrogen-bond acceptors (Lipinski definition) is 2. The highest BCUT2D eigenvalue weighted by molar-refractivity contribution is 6.31. The number of anilines is 2. The lowest BCUT2D eigenvalue weighted by Crippen LogP contribution is -2.42. The summed E-state index contributed by atoms with van der Waals surface area (Å²) in [5.41, 5.74) is 2.67. The quantitative estimate of drug-likeness (QED) is 0.879. The zero-order valence-corrected chi connectivity index (χ0v) is 12.1. The molecule has 0 aromatic heterocycles. The lowest BCUT2D eigenvalue weighted by molar-refractivity contribution is -0.115. The van der Waals surface area contributed by atoms with Gasteiger partial charge in [0.05, 0.1) is 11.4 Å². The van der Waals surface area contributed by atoms with Gasteiger partial charge in [-0.05, 0) is 36.8 Å². The maximum absolute atomic E-state index is 12.8. The number of carbonyl (C=O) groups excluding carboxylic acids is 2. The number of fused-ring (bicyclic) bond motifs is 1. The summed E-state index contributed by atoms with van der Waals surface area (Å²) in [6.07, 6.45) is 0. The van der Waals surface area contributed by atoms with Crippen LogP contribution in [0.3, 0.4) is 0 Å². The van der Waals surface area contributed by atoms with Crippen molar-refractivity contribution in [2.24, 2.45) is 0 Å². The molecule has 2 amide bonds. The van der Waals surface area contributed by atoms with Gasteiger partial charge in [0.25, 0.3) is 5.91 Å². The summed E-state index contributed by atoms with van der Waals surface area (Å²) in [6, 6.07) is 12.4. The van der Waals surface area contributed by atoms with Gasteiger partial charge < -0.3 is 5.32 Å². The molecule has 0 bridgehead atoms. The third kappa shape index (κ3) is 2.50. The maximum atomic E-state index is 12.8. The molecular weight excluding hydrogens is 288 g/mol. The second-order valence-electron chi connectivity index (χ2n) is 4.92. The van der Waals surface area contributed by atoms with Crippen molar-refractivity contribution in [3.63, 3.8) is 0 Å². The number of nitrogens with one attached hydrogen (secondary N) is 1. The molecule has 1 aliphatic heterocycles. The van der Waals surface area contributed by atoms with Crippen LogP contribution in [0.25, 0.3) is 0 Å². The van der Waals surface area contributed by atoms with Crippen LogP contribution in [0, 0.1) is 6.92 Å². The van der Waals surface area contributed by atoms with Crippen molar-refractivity contribution in [2.75, 3.05) is 16.8 Å². The van der Waals surface area contributed by atoms with E-state index in [2.05, 4.69) is 5.32 Å². The first-order valence-corrected chi connectivity index (χ1v) is 6.91. The largest absolute Gasteiger partial charge is 0.323 e. The molecule has 0 saturated heterocycles. The normalized spacial score (nSPS) is 13.6. The summed E-state index contributed by atoms with van der Waals surface area (Å²) in [4.78, 5) is 26.0. The van der Waals surface area contributed by atoms with Crippen LogP contribution in [0.2, 0.25) is 5.02 Å². The van der Waals surface area contributed by atoms with Gasteiger partial charge >= 0.3 is 0 Å². The first kappa shape index (κ1) is 13.6. The molecule has 0 fully saturated rings. The summed E-state index contributed by atoms with van der Waals surface area (Å²) in [7, 11) is 0. The molecule has 0 aliphatic carbocycles. The van der Waals surface area contributed by atoms with Gasteiger partial charge in [-0.25, -0.2) is 0 Å². The Bertz CT molecular complexity index is 743. The molecule has 2 aromatic carbocycles. The fourth-order valence-corrected chi connectivity index (χ4v) is 2.56. The monoisotopic (exact) mass is 300 g/mol. The molecule has 1 heterocycles. The van der Waals surface area contributed by atoms with Gasteiger partial charge in [0, 0.05) is 10.6 Å². The third-order valence-corrected chi connectivity index (χ3v) is 3.68. The first-order chi connectivity index (χ1) is 10.1. The van der Waals surface area contributed by atoms with Crippen LogP contribution in [-0.4, -0.2) is 18.4 Å². The molecule has 21 heavy (non-hydrogen) atoms. The summed E-state index contributed by atoms with van der Waals surface area (Å²) < 4.78 is 0.